The number of carbonyl (C=O) groups is 1. The fourth-order valence-corrected chi connectivity index (χ4v) is 2.64. The minimum Gasteiger partial charge on any atom is -0.324 e. The van der Waals surface area contributed by atoms with Gasteiger partial charge in [-0.15, -0.1) is 0 Å². The molecule has 0 bridgehead atoms. The molecule has 0 aliphatic carbocycles. The van der Waals surface area contributed by atoms with E-state index in [0.29, 0.717) is 6.54 Å². The highest BCUT2D eigenvalue weighted by atomic mass is 35.5. The molecule has 1 saturated heterocycles. The first-order valence-corrected chi connectivity index (χ1v) is 7.08. The molecule has 0 radical (unpaired) electrons. The summed E-state index contributed by atoms with van der Waals surface area (Å²) in [4.78, 5) is 12.2. The van der Waals surface area contributed by atoms with Gasteiger partial charge in [0.15, 0.2) is 0 Å². The quantitative estimate of drug-likeness (QED) is 0.872. The molecule has 1 heterocycles. The first-order valence-electron chi connectivity index (χ1n) is 6.70. The molecule has 7 heteroatoms. The molecule has 1 aromatic carbocycles. The minimum atomic E-state index is -4.57. The van der Waals surface area contributed by atoms with Crippen LogP contribution in [0.4, 0.5) is 18.9 Å². The van der Waals surface area contributed by atoms with E-state index in [0.717, 1.165) is 18.9 Å². The van der Waals surface area contributed by atoms with Crippen molar-refractivity contribution in [2.45, 2.75) is 32.0 Å². The fraction of sp³-hybridized carbons (Fsp3) is 0.500. The molecule has 2 N–H and O–H groups in total. The monoisotopic (exact) mass is 320 g/mol. The standard InChI is InChI=1S/C14H16ClF3N2O/c1-8-3-2-6-19-12(8)13(21)20-11-5-4-9(15)7-10(11)14(16,17)18/h4-5,7-8,12,19H,2-3,6H2,1H3,(H,20,21). The molecule has 2 rings (SSSR count). The number of anilines is 1. The molecule has 0 saturated carbocycles. The van der Waals surface area contributed by atoms with E-state index in [4.69, 9.17) is 11.6 Å². The third-order valence-corrected chi connectivity index (χ3v) is 3.83. The Morgan fingerprint density at radius 2 is 2.14 bits per heavy atom. The van der Waals surface area contributed by atoms with Crippen molar-refractivity contribution in [2.75, 3.05) is 11.9 Å². The molecular formula is C14H16ClF3N2O. The Kier molecular flexibility index (Phi) is 4.78. The van der Waals surface area contributed by atoms with Crippen molar-refractivity contribution in [3.8, 4) is 0 Å². The topological polar surface area (TPSA) is 41.1 Å². The predicted octanol–water partition coefficient (Wildman–Crippen LogP) is 3.69. The lowest BCUT2D eigenvalue weighted by Gasteiger charge is -2.29. The molecule has 1 fully saturated rings. The zero-order chi connectivity index (χ0) is 15.6. The normalized spacial score (nSPS) is 22.9. The van der Waals surface area contributed by atoms with Crippen LogP contribution in [0, 0.1) is 5.92 Å². The number of hydrogen-bond acceptors (Lipinski definition) is 2. The van der Waals surface area contributed by atoms with E-state index in [1.54, 1.807) is 0 Å². The number of carbonyl (C=O) groups excluding carboxylic acids is 1. The van der Waals surface area contributed by atoms with Gasteiger partial charge in [-0.3, -0.25) is 4.79 Å². The molecular weight excluding hydrogens is 305 g/mol. The van der Waals surface area contributed by atoms with E-state index < -0.39 is 23.7 Å². The van der Waals surface area contributed by atoms with Crippen molar-refractivity contribution >= 4 is 23.2 Å². The van der Waals surface area contributed by atoms with Gasteiger partial charge in [-0.1, -0.05) is 18.5 Å². The molecule has 2 unspecified atom stereocenters. The summed E-state index contributed by atoms with van der Waals surface area (Å²) in [5.74, 6) is -0.365. The summed E-state index contributed by atoms with van der Waals surface area (Å²) in [6, 6.07) is 2.84. The zero-order valence-electron chi connectivity index (χ0n) is 11.4. The van der Waals surface area contributed by atoms with E-state index in [1.807, 2.05) is 6.92 Å². The van der Waals surface area contributed by atoms with E-state index in [2.05, 4.69) is 10.6 Å². The molecule has 1 aliphatic heterocycles. The van der Waals surface area contributed by atoms with Gasteiger partial charge in [0, 0.05) is 5.02 Å². The Labute approximate surface area is 125 Å². The number of alkyl halides is 3. The van der Waals surface area contributed by atoms with Gasteiger partial charge in [-0.25, -0.2) is 0 Å². The Hall–Kier alpha value is -1.27. The number of amides is 1. The van der Waals surface area contributed by atoms with Crippen LogP contribution in [0.25, 0.3) is 0 Å². The third kappa shape index (κ3) is 3.89. The molecule has 21 heavy (non-hydrogen) atoms. The molecule has 1 amide bonds. The van der Waals surface area contributed by atoms with Crippen LogP contribution in [0.1, 0.15) is 25.3 Å². The van der Waals surface area contributed by atoms with Crippen molar-refractivity contribution in [3.63, 3.8) is 0 Å². The fourth-order valence-electron chi connectivity index (χ4n) is 2.47. The Morgan fingerprint density at radius 1 is 1.43 bits per heavy atom. The van der Waals surface area contributed by atoms with Crippen LogP contribution in [0.5, 0.6) is 0 Å². The van der Waals surface area contributed by atoms with Crippen molar-refractivity contribution in [2.24, 2.45) is 5.92 Å². The Balaban J connectivity index is 2.21. The van der Waals surface area contributed by atoms with E-state index in [-0.39, 0.29) is 16.6 Å². The first kappa shape index (κ1) is 16.1. The highest BCUT2D eigenvalue weighted by Gasteiger charge is 2.35. The second-order valence-electron chi connectivity index (χ2n) is 5.23. The van der Waals surface area contributed by atoms with Gasteiger partial charge >= 0.3 is 6.18 Å². The van der Waals surface area contributed by atoms with Crippen molar-refractivity contribution in [1.82, 2.24) is 5.32 Å². The summed E-state index contributed by atoms with van der Waals surface area (Å²) < 4.78 is 38.9. The number of nitrogens with one attached hydrogen (secondary N) is 2. The van der Waals surface area contributed by atoms with Crippen molar-refractivity contribution in [1.29, 1.82) is 0 Å². The summed E-state index contributed by atoms with van der Waals surface area (Å²) in [7, 11) is 0. The summed E-state index contributed by atoms with van der Waals surface area (Å²) in [5.41, 5.74) is -1.21. The van der Waals surface area contributed by atoms with Crippen LogP contribution in [0.15, 0.2) is 18.2 Å². The number of hydrogen-bond donors (Lipinski definition) is 2. The number of piperidine rings is 1. The Bertz CT molecular complexity index is 533. The van der Waals surface area contributed by atoms with Crippen LogP contribution in [-0.4, -0.2) is 18.5 Å². The Morgan fingerprint density at radius 3 is 2.76 bits per heavy atom. The summed E-state index contributed by atoms with van der Waals surface area (Å²) in [5, 5.41) is 5.38. The molecule has 0 spiro atoms. The van der Waals surface area contributed by atoms with Crippen LogP contribution in [0.3, 0.4) is 0 Å². The van der Waals surface area contributed by atoms with E-state index >= 15 is 0 Å². The summed E-state index contributed by atoms with van der Waals surface area (Å²) in [6.45, 7) is 2.60. The maximum atomic E-state index is 13.0. The van der Waals surface area contributed by atoms with Gasteiger partial charge in [-0.2, -0.15) is 13.2 Å². The lowest BCUT2D eigenvalue weighted by molar-refractivity contribution is -0.137. The molecule has 1 aromatic rings. The SMILES string of the molecule is CC1CCCNC1C(=O)Nc1ccc(Cl)cc1C(F)(F)F. The van der Waals surface area contributed by atoms with Crippen molar-refractivity contribution < 1.29 is 18.0 Å². The second kappa shape index (κ2) is 6.23. The molecule has 0 aromatic heterocycles. The van der Waals surface area contributed by atoms with Crippen LogP contribution >= 0.6 is 11.6 Å². The van der Waals surface area contributed by atoms with Gasteiger partial charge in [0.1, 0.15) is 0 Å². The molecule has 2 atom stereocenters. The maximum Gasteiger partial charge on any atom is 0.418 e. The van der Waals surface area contributed by atoms with Crippen LogP contribution in [0.2, 0.25) is 5.02 Å². The predicted molar refractivity (Wildman–Crippen MR) is 75.3 cm³/mol. The highest BCUT2D eigenvalue weighted by Crippen LogP contribution is 2.36. The molecule has 1 aliphatic rings. The number of halogens is 4. The lowest BCUT2D eigenvalue weighted by Crippen LogP contribution is -2.48. The van der Waals surface area contributed by atoms with Gasteiger partial charge in [0.2, 0.25) is 5.91 Å². The highest BCUT2D eigenvalue weighted by molar-refractivity contribution is 6.30. The van der Waals surface area contributed by atoms with Gasteiger partial charge < -0.3 is 10.6 Å². The average Bonchev–Trinajstić information content (AvgIpc) is 2.40. The number of benzene rings is 1. The largest absolute Gasteiger partial charge is 0.418 e. The molecule has 116 valence electrons. The minimum absolute atomic E-state index is 0.0236. The van der Waals surface area contributed by atoms with Gasteiger partial charge in [0.05, 0.1) is 17.3 Å². The van der Waals surface area contributed by atoms with Gasteiger partial charge in [0.25, 0.3) is 0 Å². The zero-order valence-corrected chi connectivity index (χ0v) is 12.2. The molecule has 3 nitrogen and oxygen atoms in total. The van der Waals surface area contributed by atoms with E-state index in [9.17, 15) is 18.0 Å². The maximum absolute atomic E-state index is 13.0. The summed E-state index contributed by atoms with van der Waals surface area (Å²) in [6.07, 6.45) is -2.74. The third-order valence-electron chi connectivity index (χ3n) is 3.60. The smallest absolute Gasteiger partial charge is 0.324 e. The van der Waals surface area contributed by atoms with Crippen LogP contribution in [-0.2, 0) is 11.0 Å². The van der Waals surface area contributed by atoms with E-state index in [1.165, 1.54) is 12.1 Å². The number of rotatable bonds is 2. The average molecular weight is 321 g/mol. The van der Waals surface area contributed by atoms with Crippen LogP contribution < -0.4 is 10.6 Å². The second-order valence-corrected chi connectivity index (χ2v) is 5.66. The van der Waals surface area contributed by atoms with Gasteiger partial charge in [-0.05, 0) is 43.5 Å². The lowest BCUT2D eigenvalue weighted by atomic mass is 9.92. The summed E-state index contributed by atoms with van der Waals surface area (Å²) >= 11 is 5.61. The first-order chi connectivity index (χ1) is 9.79. The van der Waals surface area contributed by atoms with Crippen molar-refractivity contribution in [3.05, 3.63) is 28.8 Å².